The standard InChI is InChI=1S/C10H12N2O2/c1-10(2,3)14-9(13)5-4-8-6-7-11-12-8/h6-7H,1-3H3,(H,11,12). The Morgan fingerprint density at radius 2 is 2.29 bits per heavy atom. The van der Waals surface area contributed by atoms with Crippen LogP contribution in [0.5, 0.6) is 0 Å². The van der Waals surface area contributed by atoms with Gasteiger partial charge in [-0.05, 0) is 32.8 Å². The summed E-state index contributed by atoms with van der Waals surface area (Å²) in [5.74, 6) is 4.43. The molecule has 14 heavy (non-hydrogen) atoms. The molecule has 0 aliphatic carbocycles. The summed E-state index contributed by atoms with van der Waals surface area (Å²) in [6.07, 6.45) is 1.57. The molecule has 1 N–H and O–H groups in total. The number of hydrogen-bond donors (Lipinski definition) is 1. The molecule has 0 saturated carbocycles. The number of nitrogens with one attached hydrogen (secondary N) is 1. The van der Waals surface area contributed by atoms with Gasteiger partial charge in [0.15, 0.2) is 0 Å². The lowest BCUT2D eigenvalue weighted by Crippen LogP contribution is -2.22. The SMILES string of the molecule is CC(C)(C)OC(=O)C#Cc1ccn[nH]1. The maximum atomic E-state index is 11.1. The van der Waals surface area contributed by atoms with Gasteiger partial charge in [0.1, 0.15) is 11.3 Å². The minimum Gasteiger partial charge on any atom is -0.450 e. The van der Waals surface area contributed by atoms with Gasteiger partial charge in [-0.1, -0.05) is 0 Å². The van der Waals surface area contributed by atoms with Crippen molar-refractivity contribution in [3.63, 3.8) is 0 Å². The van der Waals surface area contributed by atoms with Crippen LogP contribution in [0.2, 0.25) is 0 Å². The van der Waals surface area contributed by atoms with Crippen molar-refractivity contribution in [2.24, 2.45) is 0 Å². The lowest BCUT2D eigenvalue weighted by molar-refractivity contribution is -0.147. The molecule has 74 valence electrons. The summed E-state index contributed by atoms with van der Waals surface area (Å²) in [7, 11) is 0. The number of hydrogen-bond acceptors (Lipinski definition) is 3. The first-order valence-corrected chi connectivity index (χ1v) is 4.22. The Morgan fingerprint density at radius 1 is 1.57 bits per heavy atom. The molecule has 1 aromatic rings. The first-order valence-electron chi connectivity index (χ1n) is 4.22. The molecule has 1 aromatic heterocycles. The molecule has 0 bridgehead atoms. The van der Waals surface area contributed by atoms with Crippen LogP contribution in [0, 0.1) is 11.8 Å². The minimum absolute atomic E-state index is 0.500. The van der Waals surface area contributed by atoms with Gasteiger partial charge in [0.05, 0.1) is 0 Å². The van der Waals surface area contributed by atoms with Crippen LogP contribution in [0.15, 0.2) is 12.3 Å². The summed E-state index contributed by atoms with van der Waals surface area (Å²) in [6, 6.07) is 1.68. The fourth-order valence-corrected chi connectivity index (χ4v) is 0.747. The van der Waals surface area contributed by atoms with E-state index in [4.69, 9.17) is 4.74 Å². The average molecular weight is 192 g/mol. The lowest BCUT2D eigenvalue weighted by Gasteiger charge is -2.16. The second kappa shape index (κ2) is 3.97. The van der Waals surface area contributed by atoms with E-state index in [1.807, 2.05) is 0 Å². The third-order valence-electron chi connectivity index (χ3n) is 1.20. The molecule has 0 unspecified atom stereocenters. The topological polar surface area (TPSA) is 55.0 Å². The van der Waals surface area contributed by atoms with E-state index in [1.165, 1.54) is 0 Å². The molecule has 0 aliphatic heterocycles. The molecule has 0 fully saturated rings. The zero-order valence-corrected chi connectivity index (χ0v) is 8.42. The van der Waals surface area contributed by atoms with Crippen LogP contribution in [-0.4, -0.2) is 21.8 Å². The third kappa shape index (κ3) is 3.76. The Balaban J connectivity index is 2.57. The van der Waals surface area contributed by atoms with Gasteiger partial charge in [0, 0.05) is 12.1 Å². The molecular weight excluding hydrogens is 180 g/mol. The number of nitrogens with zero attached hydrogens (tertiary/aromatic N) is 1. The van der Waals surface area contributed by atoms with Crippen LogP contribution in [0.4, 0.5) is 0 Å². The van der Waals surface area contributed by atoms with Crippen molar-refractivity contribution in [3.8, 4) is 11.8 Å². The second-order valence-corrected chi connectivity index (χ2v) is 3.72. The Morgan fingerprint density at radius 3 is 2.79 bits per heavy atom. The van der Waals surface area contributed by atoms with Crippen molar-refractivity contribution in [3.05, 3.63) is 18.0 Å². The highest BCUT2D eigenvalue weighted by atomic mass is 16.6. The molecule has 0 aliphatic rings. The maximum absolute atomic E-state index is 11.1. The Labute approximate surface area is 82.7 Å². The third-order valence-corrected chi connectivity index (χ3v) is 1.20. The van der Waals surface area contributed by atoms with E-state index in [0.717, 1.165) is 0 Å². The summed E-state index contributed by atoms with van der Waals surface area (Å²) in [4.78, 5) is 11.1. The molecule has 1 heterocycles. The number of esters is 1. The molecular formula is C10H12N2O2. The van der Waals surface area contributed by atoms with Crippen molar-refractivity contribution in [1.82, 2.24) is 10.2 Å². The highest BCUT2D eigenvalue weighted by molar-refractivity contribution is 5.89. The van der Waals surface area contributed by atoms with Crippen molar-refractivity contribution in [2.45, 2.75) is 26.4 Å². The van der Waals surface area contributed by atoms with E-state index >= 15 is 0 Å². The molecule has 1 rings (SSSR count). The molecule has 0 spiro atoms. The zero-order valence-electron chi connectivity index (χ0n) is 8.42. The van der Waals surface area contributed by atoms with Crippen molar-refractivity contribution < 1.29 is 9.53 Å². The molecule has 0 saturated heterocycles. The maximum Gasteiger partial charge on any atom is 0.385 e. The number of aromatic nitrogens is 2. The van der Waals surface area contributed by atoms with Crippen LogP contribution >= 0.6 is 0 Å². The van der Waals surface area contributed by atoms with Crippen LogP contribution in [0.3, 0.4) is 0 Å². The number of carbonyl (C=O) groups is 1. The van der Waals surface area contributed by atoms with Crippen molar-refractivity contribution in [1.29, 1.82) is 0 Å². The predicted molar refractivity (Wildman–Crippen MR) is 51.3 cm³/mol. The smallest absolute Gasteiger partial charge is 0.385 e. The summed E-state index contributed by atoms with van der Waals surface area (Å²) in [5.41, 5.74) is 0.0931. The normalized spacial score (nSPS) is 10.2. The van der Waals surface area contributed by atoms with Gasteiger partial charge >= 0.3 is 5.97 Å². The number of ether oxygens (including phenoxy) is 1. The van der Waals surface area contributed by atoms with Gasteiger partial charge in [-0.2, -0.15) is 5.10 Å². The fourth-order valence-electron chi connectivity index (χ4n) is 0.747. The number of carbonyl (C=O) groups excluding carboxylic acids is 1. The largest absolute Gasteiger partial charge is 0.450 e. The van der Waals surface area contributed by atoms with Crippen LogP contribution in [-0.2, 0) is 9.53 Å². The van der Waals surface area contributed by atoms with Gasteiger partial charge in [0.2, 0.25) is 0 Å². The van der Waals surface area contributed by atoms with E-state index < -0.39 is 11.6 Å². The predicted octanol–water partition coefficient (Wildman–Crippen LogP) is 1.10. The Kier molecular flexibility index (Phi) is 2.92. The molecule has 4 heteroatoms. The summed E-state index contributed by atoms with van der Waals surface area (Å²) in [6.45, 7) is 5.38. The van der Waals surface area contributed by atoms with Crippen molar-refractivity contribution in [2.75, 3.05) is 0 Å². The molecule has 0 aromatic carbocycles. The number of H-pyrrole nitrogens is 1. The monoisotopic (exact) mass is 192 g/mol. The summed E-state index contributed by atoms with van der Waals surface area (Å²) in [5, 5.41) is 6.32. The van der Waals surface area contributed by atoms with E-state index in [1.54, 1.807) is 33.0 Å². The fraction of sp³-hybridized carbons (Fsp3) is 0.400. The van der Waals surface area contributed by atoms with E-state index in [-0.39, 0.29) is 0 Å². The average Bonchev–Trinajstić information content (AvgIpc) is 2.49. The molecule has 0 radical (unpaired) electrons. The summed E-state index contributed by atoms with van der Waals surface area (Å²) < 4.78 is 4.99. The Hall–Kier alpha value is -1.76. The number of rotatable bonds is 0. The highest BCUT2D eigenvalue weighted by Gasteiger charge is 2.14. The first kappa shape index (κ1) is 10.3. The van der Waals surface area contributed by atoms with E-state index in [2.05, 4.69) is 22.0 Å². The second-order valence-electron chi connectivity index (χ2n) is 3.72. The quantitative estimate of drug-likeness (QED) is 0.494. The van der Waals surface area contributed by atoms with Crippen LogP contribution in [0.25, 0.3) is 0 Å². The van der Waals surface area contributed by atoms with Gasteiger partial charge in [-0.25, -0.2) is 4.79 Å². The molecule has 0 amide bonds. The van der Waals surface area contributed by atoms with E-state index in [9.17, 15) is 4.79 Å². The lowest BCUT2D eigenvalue weighted by atomic mass is 10.2. The van der Waals surface area contributed by atoms with Crippen LogP contribution in [0.1, 0.15) is 26.5 Å². The first-order chi connectivity index (χ1) is 6.47. The van der Waals surface area contributed by atoms with Gasteiger partial charge in [-0.15, -0.1) is 0 Å². The zero-order chi connectivity index (χ0) is 10.6. The minimum atomic E-state index is -0.535. The molecule has 0 atom stereocenters. The Bertz CT molecular complexity index is 363. The molecule has 4 nitrogen and oxygen atoms in total. The van der Waals surface area contributed by atoms with Gasteiger partial charge in [0.25, 0.3) is 0 Å². The summed E-state index contributed by atoms with van der Waals surface area (Å²) >= 11 is 0. The van der Waals surface area contributed by atoms with Crippen molar-refractivity contribution >= 4 is 5.97 Å². The van der Waals surface area contributed by atoms with Crippen LogP contribution < -0.4 is 0 Å². The van der Waals surface area contributed by atoms with Gasteiger partial charge < -0.3 is 4.74 Å². The van der Waals surface area contributed by atoms with Gasteiger partial charge in [-0.3, -0.25) is 5.10 Å². The number of aromatic amines is 1. The van der Waals surface area contributed by atoms with E-state index in [0.29, 0.717) is 5.69 Å². The highest BCUT2D eigenvalue weighted by Crippen LogP contribution is 2.06.